The molecule has 0 saturated heterocycles. The summed E-state index contributed by atoms with van der Waals surface area (Å²) in [5.41, 5.74) is -0.215. The Morgan fingerprint density at radius 1 is 1.35 bits per heavy atom. The van der Waals surface area contributed by atoms with Gasteiger partial charge in [-0.15, -0.1) is 0 Å². The molecule has 0 saturated carbocycles. The molecule has 0 unspecified atom stereocenters. The molecule has 1 N–H and O–H groups in total. The first-order valence-corrected chi connectivity index (χ1v) is 7.71. The van der Waals surface area contributed by atoms with Crippen LogP contribution in [0.4, 0.5) is 18.9 Å². The van der Waals surface area contributed by atoms with Crippen molar-refractivity contribution in [3.8, 4) is 0 Å². The number of nitrogens with zero attached hydrogens (tertiary/aromatic N) is 2. The average molecular weight is 362 g/mol. The lowest BCUT2D eigenvalue weighted by atomic mass is 10.2. The third-order valence-electron chi connectivity index (χ3n) is 2.67. The Balaban J connectivity index is 2.02. The normalized spacial score (nSPS) is 11.3. The minimum atomic E-state index is -4.51. The summed E-state index contributed by atoms with van der Waals surface area (Å²) in [5, 5.41) is 2.80. The molecule has 9 heteroatoms. The van der Waals surface area contributed by atoms with Gasteiger partial charge in [0.2, 0.25) is 5.91 Å². The molecular formula is C14H11ClF3N3OS. The molecular weight excluding hydrogens is 351 g/mol. The van der Waals surface area contributed by atoms with E-state index in [9.17, 15) is 18.0 Å². The van der Waals surface area contributed by atoms with E-state index in [1.165, 1.54) is 0 Å². The van der Waals surface area contributed by atoms with Gasteiger partial charge in [-0.1, -0.05) is 23.4 Å². The second-order valence-corrected chi connectivity index (χ2v) is 5.86. The lowest BCUT2D eigenvalue weighted by Gasteiger charge is -2.11. The Hall–Kier alpha value is -1.80. The summed E-state index contributed by atoms with van der Waals surface area (Å²) in [4.78, 5) is 19.9. The number of alkyl halides is 3. The van der Waals surface area contributed by atoms with Gasteiger partial charge in [0.25, 0.3) is 0 Å². The van der Waals surface area contributed by atoms with Crippen LogP contribution in [-0.2, 0) is 11.0 Å². The lowest BCUT2D eigenvalue weighted by Crippen LogP contribution is -2.15. The highest BCUT2D eigenvalue weighted by Crippen LogP contribution is 2.33. The molecule has 0 aliphatic carbocycles. The highest BCUT2D eigenvalue weighted by Gasteiger charge is 2.31. The van der Waals surface area contributed by atoms with Gasteiger partial charge in [0.15, 0.2) is 5.16 Å². The molecule has 1 heterocycles. The van der Waals surface area contributed by atoms with E-state index in [-0.39, 0.29) is 16.5 Å². The van der Waals surface area contributed by atoms with Crippen LogP contribution in [0.15, 0.2) is 35.6 Å². The van der Waals surface area contributed by atoms with Gasteiger partial charge in [0.05, 0.1) is 22.0 Å². The highest BCUT2D eigenvalue weighted by molar-refractivity contribution is 7.99. The van der Waals surface area contributed by atoms with Gasteiger partial charge < -0.3 is 5.32 Å². The summed E-state index contributed by atoms with van der Waals surface area (Å²) in [5.74, 6) is -0.544. The maximum Gasteiger partial charge on any atom is 0.416 e. The van der Waals surface area contributed by atoms with Gasteiger partial charge in [-0.25, -0.2) is 9.97 Å². The fourth-order valence-corrected chi connectivity index (χ4v) is 2.45. The molecule has 1 amide bonds. The summed E-state index contributed by atoms with van der Waals surface area (Å²) in [6.45, 7) is 1.79. The highest BCUT2D eigenvalue weighted by atomic mass is 35.5. The standard InChI is InChI=1S/C14H11ClF3N3OS/c1-8-4-5-19-13(20-8)23-7-12(22)21-11-6-9(14(16,17)18)2-3-10(11)15/h2-6H,7H2,1H3,(H,21,22). The SMILES string of the molecule is Cc1ccnc(SCC(=O)Nc2cc(C(F)(F)F)ccc2Cl)n1. The zero-order valence-corrected chi connectivity index (χ0v) is 13.4. The zero-order chi connectivity index (χ0) is 17.0. The number of rotatable bonds is 4. The molecule has 0 bridgehead atoms. The second kappa shape index (κ2) is 7.18. The van der Waals surface area contributed by atoms with E-state index in [0.29, 0.717) is 5.16 Å². The molecule has 0 aliphatic rings. The lowest BCUT2D eigenvalue weighted by molar-refractivity contribution is -0.137. The van der Waals surface area contributed by atoms with Crippen molar-refractivity contribution in [1.29, 1.82) is 0 Å². The predicted octanol–water partition coefficient (Wildman–Crippen LogP) is 4.19. The fourth-order valence-electron chi connectivity index (χ4n) is 1.61. The Morgan fingerprint density at radius 2 is 2.09 bits per heavy atom. The number of hydrogen-bond donors (Lipinski definition) is 1. The fraction of sp³-hybridized carbons (Fsp3) is 0.214. The van der Waals surface area contributed by atoms with Crippen molar-refractivity contribution in [3.63, 3.8) is 0 Å². The first-order valence-electron chi connectivity index (χ1n) is 6.35. The number of anilines is 1. The first kappa shape index (κ1) is 17.6. The zero-order valence-electron chi connectivity index (χ0n) is 11.8. The minimum absolute atomic E-state index is 0.0307. The van der Waals surface area contributed by atoms with Crippen LogP contribution in [0.2, 0.25) is 5.02 Å². The maximum absolute atomic E-state index is 12.7. The van der Waals surface area contributed by atoms with Gasteiger partial charge in [-0.2, -0.15) is 13.2 Å². The van der Waals surface area contributed by atoms with Crippen LogP contribution >= 0.6 is 23.4 Å². The third-order valence-corrected chi connectivity index (χ3v) is 3.86. The minimum Gasteiger partial charge on any atom is -0.324 e. The van der Waals surface area contributed by atoms with E-state index in [0.717, 1.165) is 35.7 Å². The number of aryl methyl sites for hydroxylation is 1. The van der Waals surface area contributed by atoms with Gasteiger partial charge in [0.1, 0.15) is 0 Å². The van der Waals surface area contributed by atoms with Crippen molar-refractivity contribution in [2.75, 3.05) is 11.1 Å². The molecule has 0 radical (unpaired) electrons. The molecule has 23 heavy (non-hydrogen) atoms. The molecule has 1 aromatic heterocycles. The quantitative estimate of drug-likeness (QED) is 0.655. The molecule has 2 aromatic rings. The molecule has 4 nitrogen and oxygen atoms in total. The van der Waals surface area contributed by atoms with Crippen LogP contribution in [0.3, 0.4) is 0 Å². The van der Waals surface area contributed by atoms with Crippen LogP contribution in [-0.4, -0.2) is 21.6 Å². The van der Waals surface area contributed by atoms with Crippen molar-refractivity contribution in [3.05, 3.63) is 46.7 Å². The van der Waals surface area contributed by atoms with Gasteiger partial charge in [-0.3, -0.25) is 4.79 Å². The number of nitrogens with one attached hydrogen (secondary N) is 1. The largest absolute Gasteiger partial charge is 0.416 e. The number of amides is 1. The Labute approximate surface area is 139 Å². The molecule has 2 rings (SSSR count). The number of benzene rings is 1. The number of thioether (sulfide) groups is 1. The van der Waals surface area contributed by atoms with Crippen molar-refractivity contribution < 1.29 is 18.0 Å². The van der Waals surface area contributed by atoms with Gasteiger partial charge >= 0.3 is 6.18 Å². The summed E-state index contributed by atoms with van der Waals surface area (Å²) in [7, 11) is 0. The third kappa shape index (κ3) is 5.11. The van der Waals surface area contributed by atoms with Crippen molar-refractivity contribution in [2.24, 2.45) is 0 Å². The van der Waals surface area contributed by atoms with Crippen LogP contribution < -0.4 is 5.32 Å². The smallest absolute Gasteiger partial charge is 0.324 e. The molecule has 122 valence electrons. The van der Waals surface area contributed by atoms with E-state index >= 15 is 0 Å². The van der Waals surface area contributed by atoms with Crippen LogP contribution in [0.25, 0.3) is 0 Å². The van der Waals surface area contributed by atoms with Crippen molar-refractivity contribution >= 4 is 35.0 Å². The Morgan fingerprint density at radius 3 is 2.74 bits per heavy atom. The van der Waals surface area contributed by atoms with Crippen LogP contribution in [0, 0.1) is 6.92 Å². The number of carbonyl (C=O) groups excluding carboxylic acids is 1. The summed E-state index contributed by atoms with van der Waals surface area (Å²) in [6, 6.07) is 4.46. The predicted molar refractivity (Wildman–Crippen MR) is 82.6 cm³/mol. The number of aromatic nitrogens is 2. The van der Waals surface area contributed by atoms with E-state index < -0.39 is 17.6 Å². The van der Waals surface area contributed by atoms with E-state index in [2.05, 4.69) is 15.3 Å². The Kier molecular flexibility index (Phi) is 5.48. The number of hydrogen-bond acceptors (Lipinski definition) is 4. The van der Waals surface area contributed by atoms with E-state index in [4.69, 9.17) is 11.6 Å². The molecule has 0 aliphatic heterocycles. The van der Waals surface area contributed by atoms with Crippen molar-refractivity contribution in [2.45, 2.75) is 18.3 Å². The number of halogens is 4. The average Bonchev–Trinajstić information content (AvgIpc) is 2.46. The van der Waals surface area contributed by atoms with Gasteiger partial charge in [0, 0.05) is 11.9 Å². The topological polar surface area (TPSA) is 54.9 Å². The van der Waals surface area contributed by atoms with Crippen LogP contribution in [0.1, 0.15) is 11.3 Å². The maximum atomic E-state index is 12.7. The summed E-state index contributed by atoms with van der Waals surface area (Å²) in [6.07, 6.45) is -2.94. The van der Waals surface area contributed by atoms with Gasteiger partial charge in [-0.05, 0) is 31.2 Å². The number of carbonyl (C=O) groups is 1. The Bertz CT molecular complexity index is 725. The molecule has 1 aromatic carbocycles. The molecule has 0 fully saturated rings. The van der Waals surface area contributed by atoms with Crippen LogP contribution in [0.5, 0.6) is 0 Å². The van der Waals surface area contributed by atoms with Crippen molar-refractivity contribution in [1.82, 2.24) is 9.97 Å². The second-order valence-electron chi connectivity index (χ2n) is 4.51. The van der Waals surface area contributed by atoms with E-state index in [1.807, 2.05) is 0 Å². The first-order chi connectivity index (χ1) is 10.8. The summed E-state index contributed by atoms with van der Waals surface area (Å²) >= 11 is 6.89. The molecule has 0 spiro atoms. The molecule has 0 atom stereocenters. The summed E-state index contributed by atoms with van der Waals surface area (Å²) < 4.78 is 38.0. The van der Waals surface area contributed by atoms with E-state index in [1.54, 1.807) is 19.2 Å². The monoisotopic (exact) mass is 361 g/mol.